The molecule has 2 aromatic rings. The predicted octanol–water partition coefficient (Wildman–Crippen LogP) is -1.42. The van der Waals surface area contributed by atoms with E-state index in [1.54, 1.807) is 0 Å². The van der Waals surface area contributed by atoms with Crippen molar-refractivity contribution in [2.75, 3.05) is 180 Å². The van der Waals surface area contributed by atoms with Gasteiger partial charge in [-0.05, 0) is 57.7 Å². The fraction of sp³-hybridized carbons (Fsp3) is 0.757. The molecule has 3 fully saturated rings. The largest absolute Gasteiger partial charge is 0.395 e. The third-order valence-corrected chi connectivity index (χ3v) is 10.9. The van der Waals surface area contributed by atoms with Crippen LogP contribution in [0.25, 0.3) is 0 Å². The smallest absolute Gasteiger partial charge is 0.233 e. The number of nitrogens with two attached hydrogens (primary N) is 1. The van der Waals surface area contributed by atoms with Crippen molar-refractivity contribution in [2.45, 2.75) is 18.9 Å². The zero-order chi connectivity index (χ0) is 37.4. The van der Waals surface area contributed by atoms with E-state index < -0.39 is 0 Å². The second-order valence-electron chi connectivity index (χ2n) is 14.9. The molecular weight excluding hydrogens is 674 g/mol. The number of aromatic nitrogens is 3. The molecule has 0 saturated carbocycles. The quantitative estimate of drug-likeness (QED) is 0.144. The van der Waals surface area contributed by atoms with Gasteiger partial charge in [-0.15, -0.1) is 0 Å². The highest BCUT2D eigenvalue weighted by molar-refractivity contribution is 5.57. The van der Waals surface area contributed by atoms with Gasteiger partial charge in [0.25, 0.3) is 0 Å². The van der Waals surface area contributed by atoms with Gasteiger partial charge in [-0.1, -0.05) is 12.1 Å². The summed E-state index contributed by atoms with van der Waals surface area (Å²) >= 11 is 0. The number of piperazine rings is 2. The van der Waals surface area contributed by atoms with Gasteiger partial charge >= 0.3 is 0 Å². The van der Waals surface area contributed by atoms with Crippen molar-refractivity contribution >= 4 is 23.5 Å². The summed E-state index contributed by atoms with van der Waals surface area (Å²) in [7, 11) is 4.29. The number of β-amino-alcohol motifs (C(OH)–C–C–N with tert-alkyl or cyclic N) is 3. The van der Waals surface area contributed by atoms with E-state index in [4.69, 9.17) is 20.7 Å². The molecule has 0 amide bonds. The van der Waals surface area contributed by atoms with Gasteiger partial charge in [0, 0.05) is 130 Å². The second kappa shape index (κ2) is 21.9. The van der Waals surface area contributed by atoms with Crippen molar-refractivity contribution in [1.82, 2.24) is 44.4 Å². The number of hydrogen-bond acceptors (Lipinski definition) is 16. The SMILES string of the molecule is CN1CCN(CCO)CCN(CCO)C(Cc2ccc(Nc3nc(N4CCN(C)CC4)nc(N4CCN(CCCN)CC4)n3)cc2)CN(CCO)CC1. The topological polar surface area (TPSA) is 163 Å². The van der Waals surface area contributed by atoms with E-state index in [1.807, 2.05) is 0 Å². The molecule has 1 atom stereocenters. The Bertz CT molecular complexity index is 1310. The monoisotopic (exact) mass is 742 g/mol. The molecular formula is C37H67N13O3. The summed E-state index contributed by atoms with van der Waals surface area (Å²) in [5.41, 5.74) is 7.88. The van der Waals surface area contributed by atoms with Gasteiger partial charge < -0.3 is 46.0 Å². The second-order valence-corrected chi connectivity index (χ2v) is 14.9. The van der Waals surface area contributed by atoms with Gasteiger partial charge in [0.1, 0.15) is 0 Å². The number of aliphatic hydroxyl groups excluding tert-OH is 3. The van der Waals surface area contributed by atoms with E-state index in [2.05, 4.69) is 82.9 Å². The molecule has 16 nitrogen and oxygen atoms in total. The first kappa shape index (κ1) is 41.4. The number of nitrogens with zero attached hydrogens (tertiary/aromatic N) is 11. The van der Waals surface area contributed by atoms with Crippen LogP contribution in [0.2, 0.25) is 0 Å². The summed E-state index contributed by atoms with van der Waals surface area (Å²) in [5.74, 6) is 1.98. The lowest BCUT2D eigenvalue weighted by atomic mass is 10.0. The van der Waals surface area contributed by atoms with E-state index in [0.29, 0.717) is 38.1 Å². The Hall–Kier alpha value is -2.77. The van der Waals surface area contributed by atoms with Crippen molar-refractivity contribution in [3.05, 3.63) is 29.8 Å². The number of aliphatic hydroxyl groups is 3. The molecule has 53 heavy (non-hydrogen) atoms. The first-order valence-corrected chi connectivity index (χ1v) is 19.8. The van der Waals surface area contributed by atoms with E-state index in [-0.39, 0.29) is 25.9 Å². The molecule has 5 rings (SSSR count). The fourth-order valence-electron chi connectivity index (χ4n) is 7.44. The predicted molar refractivity (Wildman–Crippen MR) is 212 cm³/mol. The molecule has 4 heterocycles. The molecule has 3 aliphatic heterocycles. The van der Waals surface area contributed by atoms with Crippen LogP contribution in [0, 0.1) is 0 Å². The molecule has 0 spiro atoms. The molecule has 3 saturated heterocycles. The third-order valence-electron chi connectivity index (χ3n) is 10.9. The molecule has 0 aliphatic carbocycles. The lowest BCUT2D eigenvalue weighted by Gasteiger charge is -2.38. The van der Waals surface area contributed by atoms with Crippen LogP contribution in [0.5, 0.6) is 0 Å². The Morgan fingerprint density at radius 3 is 1.74 bits per heavy atom. The van der Waals surface area contributed by atoms with Crippen molar-refractivity contribution in [2.24, 2.45) is 5.73 Å². The Morgan fingerprint density at radius 2 is 1.13 bits per heavy atom. The van der Waals surface area contributed by atoms with Gasteiger partial charge in [0.2, 0.25) is 17.8 Å². The van der Waals surface area contributed by atoms with E-state index in [0.717, 1.165) is 129 Å². The number of likely N-dealkylation sites (N-methyl/N-ethyl adjacent to an activating group) is 2. The lowest BCUT2D eigenvalue weighted by Crippen LogP contribution is -2.52. The molecule has 298 valence electrons. The molecule has 1 aromatic carbocycles. The molecule has 0 bridgehead atoms. The van der Waals surface area contributed by atoms with Crippen LogP contribution in [0.1, 0.15) is 12.0 Å². The highest BCUT2D eigenvalue weighted by Gasteiger charge is 2.25. The Morgan fingerprint density at radius 1 is 0.623 bits per heavy atom. The maximum Gasteiger partial charge on any atom is 0.233 e. The zero-order valence-electron chi connectivity index (χ0n) is 32.4. The zero-order valence-corrected chi connectivity index (χ0v) is 32.4. The summed E-state index contributed by atoms with van der Waals surface area (Å²) in [6, 6.07) is 8.67. The molecule has 0 radical (unpaired) electrons. The summed E-state index contributed by atoms with van der Waals surface area (Å²) in [5, 5.41) is 33.2. The minimum atomic E-state index is 0.0795. The molecule has 1 aromatic heterocycles. The average molecular weight is 742 g/mol. The van der Waals surface area contributed by atoms with E-state index >= 15 is 0 Å². The van der Waals surface area contributed by atoms with Crippen LogP contribution in [0.4, 0.5) is 23.5 Å². The fourth-order valence-corrected chi connectivity index (χ4v) is 7.44. The number of nitrogens with one attached hydrogen (secondary N) is 1. The van der Waals surface area contributed by atoms with Gasteiger partial charge in [-0.2, -0.15) is 15.0 Å². The third kappa shape index (κ3) is 13.2. The summed E-state index contributed by atoms with van der Waals surface area (Å²) in [6.45, 7) is 17.2. The summed E-state index contributed by atoms with van der Waals surface area (Å²) in [4.78, 5) is 33.6. The number of hydrogen-bond donors (Lipinski definition) is 5. The lowest BCUT2D eigenvalue weighted by molar-refractivity contribution is 0.0763. The summed E-state index contributed by atoms with van der Waals surface area (Å²) in [6.07, 6.45) is 1.82. The molecule has 3 aliphatic rings. The first-order chi connectivity index (χ1) is 25.9. The van der Waals surface area contributed by atoms with Gasteiger partial charge in [0.15, 0.2) is 0 Å². The maximum absolute atomic E-state index is 10.1. The van der Waals surface area contributed by atoms with Crippen LogP contribution in [-0.2, 0) is 6.42 Å². The minimum absolute atomic E-state index is 0.0795. The van der Waals surface area contributed by atoms with Crippen molar-refractivity contribution in [3.8, 4) is 0 Å². The highest BCUT2D eigenvalue weighted by Crippen LogP contribution is 2.23. The molecule has 6 N–H and O–H groups in total. The standard InChI is InChI=1S/C37H67N13O3/c1-43-10-14-46(24-27-51)16-21-48(26-29-53)34(31-47(15-11-43)25-28-52)30-32-4-6-33(7-5-32)39-35-40-36(49-19-12-44(2)13-20-49)42-37(41-35)50-22-17-45(18-23-50)9-3-8-38/h4-7,34,51-53H,3,8-31,38H2,1-2H3,(H,39,40,41,42). The first-order valence-electron chi connectivity index (χ1n) is 19.8. The maximum atomic E-state index is 10.1. The van der Waals surface area contributed by atoms with Crippen LogP contribution >= 0.6 is 0 Å². The Balaban J connectivity index is 1.32. The van der Waals surface area contributed by atoms with Crippen LogP contribution in [0.15, 0.2) is 24.3 Å². The average Bonchev–Trinajstić information content (AvgIpc) is 3.17. The van der Waals surface area contributed by atoms with E-state index in [9.17, 15) is 15.3 Å². The highest BCUT2D eigenvalue weighted by atomic mass is 16.3. The van der Waals surface area contributed by atoms with Gasteiger partial charge in [-0.25, -0.2) is 0 Å². The van der Waals surface area contributed by atoms with Gasteiger partial charge in [0.05, 0.1) is 19.8 Å². The van der Waals surface area contributed by atoms with Crippen LogP contribution in [-0.4, -0.2) is 231 Å². The minimum Gasteiger partial charge on any atom is -0.395 e. The Labute approximate surface area is 317 Å². The Kier molecular flexibility index (Phi) is 17.1. The van der Waals surface area contributed by atoms with Crippen LogP contribution in [0.3, 0.4) is 0 Å². The van der Waals surface area contributed by atoms with Crippen molar-refractivity contribution in [1.29, 1.82) is 0 Å². The molecule has 1 unspecified atom stereocenters. The van der Waals surface area contributed by atoms with Gasteiger partial charge in [-0.3, -0.25) is 19.6 Å². The van der Waals surface area contributed by atoms with Crippen molar-refractivity contribution in [3.63, 3.8) is 0 Å². The summed E-state index contributed by atoms with van der Waals surface area (Å²) < 4.78 is 0. The van der Waals surface area contributed by atoms with E-state index in [1.165, 1.54) is 5.56 Å². The normalized spacial score (nSPS) is 21.8. The van der Waals surface area contributed by atoms with Crippen LogP contribution < -0.4 is 20.9 Å². The number of benzene rings is 1. The number of rotatable bonds is 15. The van der Waals surface area contributed by atoms with Crippen molar-refractivity contribution < 1.29 is 15.3 Å². The molecule has 16 heteroatoms. The number of anilines is 4.